The third-order valence-corrected chi connectivity index (χ3v) is 6.13. The van der Waals surface area contributed by atoms with E-state index in [1.165, 1.54) is 11.8 Å². The van der Waals surface area contributed by atoms with Crippen LogP contribution in [-0.4, -0.2) is 41.7 Å². The van der Waals surface area contributed by atoms with Crippen LogP contribution in [0.3, 0.4) is 0 Å². The van der Waals surface area contributed by atoms with Gasteiger partial charge in [-0.1, -0.05) is 22.9 Å². The van der Waals surface area contributed by atoms with Gasteiger partial charge in [0.1, 0.15) is 5.82 Å². The van der Waals surface area contributed by atoms with Crippen LogP contribution in [-0.2, 0) is 16.0 Å². The fraction of sp³-hybridized carbons (Fsp3) is 0.333. The number of nitrogens with zero attached hydrogens (tertiary/aromatic N) is 3. The molecule has 0 N–H and O–H groups in total. The van der Waals surface area contributed by atoms with Gasteiger partial charge in [0, 0.05) is 10.9 Å². The molecule has 2 aromatic carbocycles. The highest BCUT2D eigenvalue weighted by Crippen LogP contribution is 2.34. The number of methoxy groups -OCH3 is 1. The highest BCUT2D eigenvalue weighted by molar-refractivity contribution is 14.1. The molecular weight excluding hydrogens is 617 g/mol. The van der Waals surface area contributed by atoms with Crippen molar-refractivity contribution in [3.63, 3.8) is 0 Å². The quantitative estimate of drug-likeness (QED) is 0.187. The molecule has 1 atom stereocenters. The summed E-state index contributed by atoms with van der Waals surface area (Å²) >= 11 is 5.52. The number of ether oxygens (including phenoxy) is 3. The van der Waals surface area contributed by atoms with Gasteiger partial charge in [-0.3, -0.25) is 4.79 Å². The number of hydrogen-bond donors (Lipinski definition) is 0. The number of aromatic nitrogens is 2. The molecule has 8 nitrogen and oxygen atoms in total. The third kappa shape index (κ3) is 5.96. The van der Waals surface area contributed by atoms with E-state index in [1.807, 2.05) is 25.1 Å². The predicted octanol–water partition coefficient (Wildman–Crippen LogP) is 4.94. The second-order valence-electron chi connectivity index (χ2n) is 7.35. The van der Waals surface area contributed by atoms with Crippen molar-refractivity contribution in [2.45, 2.75) is 39.7 Å². The third-order valence-electron chi connectivity index (χ3n) is 4.84. The van der Waals surface area contributed by atoms with Gasteiger partial charge in [-0.15, -0.1) is 0 Å². The lowest BCUT2D eigenvalue weighted by molar-refractivity contribution is -0.150. The minimum atomic E-state index is -0.792. The second kappa shape index (κ2) is 11.8. The van der Waals surface area contributed by atoms with Crippen molar-refractivity contribution in [1.29, 1.82) is 0 Å². The van der Waals surface area contributed by atoms with Gasteiger partial charge in [0.05, 0.1) is 34.4 Å². The number of carbonyl (C=O) groups is 1. The highest BCUT2D eigenvalue weighted by atomic mass is 127. The minimum Gasteiger partial charge on any atom is -0.493 e. The molecule has 0 aliphatic carbocycles. The fourth-order valence-corrected chi connectivity index (χ4v) is 4.35. The van der Waals surface area contributed by atoms with Gasteiger partial charge in [0.15, 0.2) is 17.6 Å². The Morgan fingerprint density at radius 1 is 1.29 bits per heavy atom. The Kier molecular flexibility index (Phi) is 9.06. The summed E-state index contributed by atoms with van der Waals surface area (Å²) in [7, 11) is 1.52. The van der Waals surface area contributed by atoms with Crippen LogP contribution in [0.15, 0.2) is 44.7 Å². The number of benzene rings is 2. The van der Waals surface area contributed by atoms with Gasteiger partial charge in [-0.25, -0.2) is 9.78 Å². The van der Waals surface area contributed by atoms with Crippen molar-refractivity contribution in [3.8, 4) is 11.5 Å². The minimum absolute atomic E-state index is 0.240. The molecule has 1 heterocycles. The molecule has 10 heteroatoms. The molecule has 3 rings (SSSR count). The maximum atomic E-state index is 13.2. The van der Waals surface area contributed by atoms with E-state index in [1.54, 1.807) is 32.2 Å². The molecule has 0 unspecified atom stereocenters. The molecule has 0 radical (unpaired) electrons. The largest absolute Gasteiger partial charge is 0.493 e. The number of rotatable bonds is 9. The van der Waals surface area contributed by atoms with E-state index in [0.29, 0.717) is 40.2 Å². The Hall–Kier alpha value is -2.47. The lowest BCUT2D eigenvalue weighted by Crippen LogP contribution is -2.26. The van der Waals surface area contributed by atoms with E-state index in [4.69, 9.17) is 14.2 Å². The highest BCUT2D eigenvalue weighted by Gasteiger charge is 2.20. The summed E-state index contributed by atoms with van der Waals surface area (Å²) in [4.78, 5) is 29.8. The summed E-state index contributed by atoms with van der Waals surface area (Å²) in [5.41, 5.74) is 1.09. The summed E-state index contributed by atoms with van der Waals surface area (Å²) < 4.78 is 19.2. The van der Waals surface area contributed by atoms with Crippen LogP contribution in [0.25, 0.3) is 10.9 Å². The van der Waals surface area contributed by atoms with Gasteiger partial charge in [0.2, 0.25) is 0 Å². The molecule has 0 amide bonds. The van der Waals surface area contributed by atoms with Crippen molar-refractivity contribution in [1.82, 2.24) is 9.66 Å². The molecule has 0 fully saturated rings. The monoisotopic (exact) mass is 641 g/mol. The van der Waals surface area contributed by atoms with Crippen LogP contribution in [0, 0.1) is 3.57 Å². The standard InChI is InChI=1S/C24H25BrIN3O5/c1-5-7-21-28-19-9-8-16(25)12-17(19)23(30)29(21)27-13-15-10-18(26)22(20(11-15)32-4)34-14(3)24(31)33-6-2/h8-14H,5-7H2,1-4H3/t14-/m1/s1. The van der Waals surface area contributed by atoms with E-state index in [-0.39, 0.29) is 12.2 Å². The van der Waals surface area contributed by atoms with Crippen molar-refractivity contribution >= 4 is 61.6 Å². The van der Waals surface area contributed by atoms with Gasteiger partial charge in [-0.2, -0.15) is 9.78 Å². The SMILES string of the molecule is CCCc1nc2ccc(Br)cc2c(=O)n1N=Cc1cc(I)c(O[C@H](C)C(=O)OCC)c(OC)c1. The summed E-state index contributed by atoms with van der Waals surface area (Å²) in [5, 5.41) is 4.94. The maximum Gasteiger partial charge on any atom is 0.347 e. The molecule has 0 spiro atoms. The lowest BCUT2D eigenvalue weighted by atomic mass is 10.2. The van der Waals surface area contributed by atoms with Crippen LogP contribution in [0.4, 0.5) is 0 Å². The first kappa shape index (κ1) is 26.1. The molecule has 3 aromatic rings. The van der Waals surface area contributed by atoms with Gasteiger partial charge in [0.25, 0.3) is 5.56 Å². The zero-order chi connectivity index (χ0) is 24.8. The smallest absolute Gasteiger partial charge is 0.347 e. The summed E-state index contributed by atoms with van der Waals surface area (Å²) in [5.74, 6) is 1.00. The molecule has 180 valence electrons. The number of halogens is 2. The predicted molar refractivity (Wildman–Crippen MR) is 143 cm³/mol. The van der Waals surface area contributed by atoms with Crippen LogP contribution in [0.5, 0.6) is 11.5 Å². The van der Waals surface area contributed by atoms with Crippen molar-refractivity contribution in [2.24, 2.45) is 5.10 Å². The summed E-state index contributed by atoms with van der Waals surface area (Å²) in [6.07, 6.45) is 2.22. The van der Waals surface area contributed by atoms with Crippen molar-refractivity contribution in [3.05, 3.63) is 60.1 Å². The second-order valence-corrected chi connectivity index (χ2v) is 9.43. The number of fused-ring (bicyclic) bond motifs is 1. The zero-order valence-electron chi connectivity index (χ0n) is 19.3. The van der Waals surface area contributed by atoms with Crippen LogP contribution >= 0.6 is 38.5 Å². The molecule has 0 saturated heterocycles. The fourth-order valence-electron chi connectivity index (χ4n) is 3.24. The van der Waals surface area contributed by atoms with Gasteiger partial charge in [-0.05, 0) is 78.8 Å². The Morgan fingerprint density at radius 2 is 2.06 bits per heavy atom. The summed E-state index contributed by atoms with van der Waals surface area (Å²) in [6, 6.07) is 8.98. The summed E-state index contributed by atoms with van der Waals surface area (Å²) in [6.45, 7) is 5.66. The van der Waals surface area contributed by atoms with Crippen molar-refractivity contribution in [2.75, 3.05) is 13.7 Å². The molecule has 34 heavy (non-hydrogen) atoms. The molecule has 0 aliphatic heterocycles. The Morgan fingerprint density at radius 3 is 2.74 bits per heavy atom. The zero-order valence-corrected chi connectivity index (χ0v) is 23.0. The topological polar surface area (TPSA) is 92.0 Å². The number of esters is 1. The first-order valence-corrected chi connectivity index (χ1v) is 12.6. The molecule has 0 saturated carbocycles. The first-order valence-electron chi connectivity index (χ1n) is 10.7. The first-order chi connectivity index (χ1) is 16.3. The van der Waals surface area contributed by atoms with E-state index in [0.717, 1.165) is 14.5 Å². The van der Waals surface area contributed by atoms with E-state index < -0.39 is 12.1 Å². The van der Waals surface area contributed by atoms with E-state index >= 15 is 0 Å². The van der Waals surface area contributed by atoms with E-state index in [9.17, 15) is 9.59 Å². The Bertz CT molecular complexity index is 1290. The average molecular weight is 642 g/mol. The van der Waals surface area contributed by atoms with Crippen LogP contribution in [0.2, 0.25) is 0 Å². The normalized spacial score (nSPS) is 12.2. The number of hydrogen-bond acceptors (Lipinski definition) is 7. The lowest BCUT2D eigenvalue weighted by Gasteiger charge is -2.17. The number of carbonyl (C=O) groups excluding carboxylic acids is 1. The molecule has 1 aromatic heterocycles. The Labute approximate surface area is 219 Å². The average Bonchev–Trinajstić information content (AvgIpc) is 2.81. The van der Waals surface area contributed by atoms with Crippen LogP contribution in [0.1, 0.15) is 38.6 Å². The Balaban J connectivity index is 2.00. The van der Waals surface area contributed by atoms with E-state index in [2.05, 4.69) is 48.6 Å². The maximum absolute atomic E-state index is 13.2. The van der Waals surface area contributed by atoms with Crippen LogP contribution < -0.4 is 15.0 Å². The number of aryl methyl sites for hydroxylation is 1. The van der Waals surface area contributed by atoms with Gasteiger partial charge >= 0.3 is 5.97 Å². The molecular formula is C24H25BrIN3O5. The van der Waals surface area contributed by atoms with Crippen molar-refractivity contribution < 1.29 is 19.0 Å². The van der Waals surface area contributed by atoms with Gasteiger partial charge < -0.3 is 14.2 Å². The molecule has 0 aliphatic rings. The molecule has 0 bridgehead atoms.